The van der Waals surface area contributed by atoms with Gasteiger partial charge in [-0.1, -0.05) is 66.7 Å². The highest BCUT2D eigenvalue weighted by molar-refractivity contribution is 8.01. The fourth-order valence-electron chi connectivity index (χ4n) is 3.75. The molecule has 1 aliphatic heterocycles. The Balaban J connectivity index is 1.50. The highest BCUT2D eigenvalue weighted by atomic mass is 32.2. The Morgan fingerprint density at radius 1 is 0.903 bits per heavy atom. The first kappa shape index (κ1) is 21.3. The number of rotatable bonds is 8. The summed E-state index contributed by atoms with van der Waals surface area (Å²) >= 11 is 1.69. The molecule has 0 spiro atoms. The van der Waals surface area contributed by atoms with Crippen LogP contribution >= 0.6 is 11.8 Å². The van der Waals surface area contributed by atoms with Gasteiger partial charge in [0.1, 0.15) is 12.0 Å². The fraction of sp³-hybridized carbons (Fsp3) is 0.269. The summed E-state index contributed by atoms with van der Waals surface area (Å²) in [6.45, 7) is 3.16. The molecule has 1 amide bonds. The van der Waals surface area contributed by atoms with Crippen LogP contribution in [-0.4, -0.2) is 29.7 Å². The molecule has 0 aromatic heterocycles. The molecule has 5 heteroatoms. The molecule has 0 bridgehead atoms. The summed E-state index contributed by atoms with van der Waals surface area (Å²) in [5, 5.41) is -0.0796. The van der Waals surface area contributed by atoms with Gasteiger partial charge in [-0.3, -0.25) is 4.79 Å². The molecule has 4 rings (SSSR count). The topological polar surface area (TPSA) is 38.8 Å². The SMILES string of the molecule is COc1cc(C2SC(C)C(=O)N2CCc2ccccc2)ccc1OCc1ccccc1. The van der Waals surface area contributed by atoms with Crippen molar-refractivity contribution >= 4 is 17.7 Å². The lowest BCUT2D eigenvalue weighted by Crippen LogP contribution is -2.32. The molecule has 4 nitrogen and oxygen atoms in total. The van der Waals surface area contributed by atoms with E-state index in [1.165, 1.54) is 5.56 Å². The van der Waals surface area contributed by atoms with Crippen molar-refractivity contribution in [1.29, 1.82) is 0 Å². The molecular formula is C26H27NO3S. The number of methoxy groups -OCH3 is 1. The van der Waals surface area contributed by atoms with E-state index >= 15 is 0 Å². The molecule has 0 saturated carbocycles. The van der Waals surface area contributed by atoms with E-state index in [0.717, 1.165) is 17.5 Å². The summed E-state index contributed by atoms with van der Waals surface area (Å²) in [4.78, 5) is 14.8. The van der Waals surface area contributed by atoms with E-state index in [2.05, 4.69) is 12.1 Å². The highest BCUT2D eigenvalue weighted by Crippen LogP contribution is 2.45. The van der Waals surface area contributed by atoms with Crippen LogP contribution < -0.4 is 9.47 Å². The van der Waals surface area contributed by atoms with E-state index < -0.39 is 0 Å². The van der Waals surface area contributed by atoms with Gasteiger partial charge < -0.3 is 14.4 Å². The Hall–Kier alpha value is -2.92. The second kappa shape index (κ2) is 9.92. The number of amides is 1. The maximum absolute atomic E-state index is 12.8. The monoisotopic (exact) mass is 433 g/mol. The van der Waals surface area contributed by atoms with Crippen LogP contribution in [0, 0.1) is 0 Å². The Kier molecular flexibility index (Phi) is 6.82. The van der Waals surface area contributed by atoms with Crippen LogP contribution in [0.5, 0.6) is 11.5 Å². The van der Waals surface area contributed by atoms with Crippen LogP contribution in [0.1, 0.15) is 29.0 Å². The van der Waals surface area contributed by atoms with Crippen LogP contribution in [0.15, 0.2) is 78.9 Å². The van der Waals surface area contributed by atoms with Crippen LogP contribution in [0.4, 0.5) is 0 Å². The molecule has 1 heterocycles. The van der Waals surface area contributed by atoms with Gasteiger partial charge in [-0.05, 0) is 42.2 Å². The van der Waals surface area contributed by atoms with E-state index in [0.29, 0.717) is 24.7 Å². The van der Waals surface area contributed by atoms with Gasteiger partial charge in [-0.15, -0.1) is 11.8 Å². The third-order valence-corrected chi connectivity index (χ3v) is 6.84. The van der Waals surface area contributed by atoms with Crippen molar-refractivity contribution in [3.8, 4) is 11.5 Å². The lowest BCUT2D eigenvalue weighted by Gasteiger charge is -2.25. The Labute approximate surface area is 188 Å². The van der Waals surface area contributed by atoms with Crippen molar-refractivity contribution in [2.24, 2.45) is 0 Å². The van der Waals surface area contributed by atoms with Gasteiger partial charge in [-0.2, -0.15) is 0 Å². The van der Waals surface area contributed by atoms with Crippen LogP contribution in [0.2, 0.25) is 0 Å². The number of benzene rings is 3. The molecular weight excluding hydrogens is 406 g/mol. The molecule has 2 unspecified atom stereocenters. The van der Waals surface area contributed by atoms with Crippen molar-refractivity contribution in [1.82, 2.24) is 4.90 Å². The van der Waals surface area contributed by atoms with E-state index in [4.69, 9.17) is 9.47 Å². The normalized spacial score (nSPS) is 18.3. The predicted octanol–water partition coefficient (Wildman–Crippen LogP) is 5.48. The summed E-state index contributed by atoms with van der Waals surface area (Å²) in [7, 11) is 1.65. The van der Waals surface area contributed by atoms with Crippen molar-refractivity contribution in [3.63, 3.8) is 0 Å². The number of carbonyl (C=O) groups is 1. The smallest absolute Gasteiger partial charge is 0.236 e. The minimum atomic E-state index is -0.0548. The quantitative estimate of drug-likeness (QED) is 0.472. The zero-order chi connectivity index (χ0) is 21.6. The average Bonchev–Trinajstić information content (AvgIpc) is 3.11. The molecule has 0 radical (unpaired) electrons. The Morgan fingerprint density at radius 2 is 1.58 bits per heavy atom. The number of nitrogens with zero attached hydrogens (tertiary/aromatic N) is 1. The molecule has 0 N–H and O–H groups in total. The van der Waals surface area contributed by atoms with E-state index in [9.17, 15) is 4.79 Å². The predicted molar refractivity (Wildman–Crippen MR) is 125 cm³/mol. The van der Waals surface area contributed by atoms with E-state index in [1.54, 1.807) is 18.9 Å². The second-order valence-electron chi connectivity index (χ2n) is 7.58. The van der Waals surface area contributed by atoms with Crippen LogP contribution in [0.25, 0.3) is 0 Å². The Bertz CT molecular complexity index is 1010. The minimum absolute atomic E-state index is 0.0247. The van der Waals surface area contributed by atoms with Crippen molar-refractivity contribution in [2.45, 2.75) is 30.6 Å². The van der Waals surface area contributed by atoms with Gasteiger partial charge in [0.05, 0.1) is 12.4 Å². The molecule has 160 valence electrons. The standard InChI is InChI=1S/C26H27NO3S/c1-19-25(28)27(16-15-20-9-5-3-6-10-20)26(31-19)22-13-14-23(24(17-22)29-2)30-18-21-11-7-4-8-12-21/h3-14,17,19,26H,15-16,18H2,1-2H3. The van der Waals surface area contributed by atoms with E-state index in [1.807, 2.05) is 78.6 Å². The van der Waals surface area contributed by atoms with Gasteiger partial charge >= 0.3 is 0 Å². The number of thioether (sulfide) groups is 1. The van der Waals surface area contributed by atoms with Gasteiger partial charge in [0.15, 0.2) is 11.5 Å². The summed E-state index contributed by atoms with van der Waals surface area (Å²) < 4.78 is 11.6. The van der Waals surface area contributed by atoms with Gasteiger partial charge in [-0.25, -0.2) is 0 Å². The molecule has 3 aromatic carbocycles. The maximum Gasteiger partial charge on any atom is 0.236 e. The molecule has 3 aromatic rings. The van der Waals surface area contributed by atoms with Crippen molar-refractivity contribution in [3.05, 3.63) is 95.6 Å². The molecule has 1 aliphatic rings. The van der Waals surface area contributed by atoms with Crippen molar-refractivity contribution in [2.75, 3.05) is 13.7 Å². The molecule has 2 atom stereocenters. The number of carbonyl (C=O) groups excluding carboxylic acids is 1. The minimum Gasteiger partial charge on any atom is -0.493 e. The zero-order valence-electron chi connectivity index (χ0n) is 17.9. The third-order valence-electron chi connectivity index (χ3n) is 5.44. The van der Waals surface area contributed by atoms with Crippen molar-refractivity contribution < 1.29 is 14.3 Å². The molecule has 1 fully saturated rings. The lowest BCUT2D eigenvalue weighted by molar-refractivity contribution is -0.129. The lowest BCUT2D eigenvalue weighted by atomic mass is 10.1. The molecule has 31 heavy (non-hydrogen) atoms. The summed E-state index contributed by atoms with van der Waals surface area (Å²) in [6.07, 6.45) is 0.839. The molecule has 0 aliphatic carbocycles. The number of hydrogen-bond acceptors (Lipinski definition) is 4. The maximum atomic E-state index is 12.8. The summed E-state index contributed by atoms with van der Waals surface area (Å²) in [5.74, 6) is 1.58. The van der Waals surface area contributed by atoms with Gasteiger partial charge in [0, 0.05) is 6.54 Å². The zero-order valence-corrected chi connectivity index (χ0v) is 18.7. The first-order valence-electron chi connectivity index (χ1n) is 10.5. The van der Waals surface area contributed by atoms with E-state index in [-0.39, 0.29) is 16.5 Å². The summed E-state index contributed by atoms with van der Waals surface area (Å²) in [6, 6.07) is 26.3. The number of ether oxygens (including phenoxy) is 2. The Morgan fingerprint density at radius 3 is 2.26 bits per heavy atom. The largest absolute Gasteiger partial charge is 0.493 e. The molecule has 1 saturated heterocycles. The van der Waals surface area contributed by atoms with Crippen LogP contribution in [-0.2, 0) is 17.8 Å². The number of hydrogen-bond donors (Lipinski definition) is 0. The first-order valence-corrected chi connectivity index (χ1v) is 11.4. The average molecular weight is 434 g/mol. The first-order chi connectivity index (χ1) is 15.2. The summed E-state index contributed by atoms with van der Waals surface area (Å²) in [5.41, 5.74) is 3.40. The van der Waals surface area contributed by atoms with Crippen LogP contribution in [0.3, 0.4) is 0 Å². The fourth-order valence-corrected chi connectivity index (χ4v) is 5.05. The second-order valence-corrected chi connectivity index (χ2v) is 9.01. The highest BCUT2D eigenvalue weighted by Gasteiger charge is 2.38. The van der Waals surface area contributed by atoms with Gasteiger partial charge in [0.25, 0.3) is 0 Å². The third kappa shape index (κ3) is 5.05. The van der Waals surface area contributed by atoms with Gasteiger partial charge in [0.2, 0.25) is 5.91 Å².